The van der Waals surface area contributed by atoms with Gasteiger partial charge in [0.25, 0.3) is 11.8 Å². The summed E-state index contributed by atoms with van der Waals surface area (Å²) in [4.78, 5) is 26.8. The second-order valence-electron chi connectivity index (χ2n) is 7.01. The van der Waals surface area contributed by atoms with Crippen LogP contribution in [0.25, 0.3) is 6.08 Å². The van der Waals surface area contributed by atoms with Crippen LogP contribution in [0.1, 0.15) is 27.2 Å². The Balaban J connectivity index is 1.46. The van der Waals surface area contributed by atoms with Gasteiger partial charge < -0.3 is 4.42 Å². The van der Waals surface area contributed by atoms with E-state index in [1.54, 1.807) is 30.3 Å². The third-order valence-electron chi connectivity index (χ3n) is 4.49. The molecule has 0 radical (unpaired) electrons. The number of aryl methyl sites for hydroxylation is 2. The van der Waals surface area contributed by atoms with Crippen LogP contribution < -0.4 is 5.43 Å². The quantitative estimate of drug-likeness (QED) is 0.330. The van der Waals surface area contributed by atoms with Crippen molar-refractivity contribution in [1.29, 1.82) is 0 Å². The van der Waals surface area contributed by atoms with Crippen molar-refractivity contribution in [3.05, 3.63) is 87.0 Å². The summed E-state index contributed by atoms with van der Waals surface area (Å²) in [5.41, 5.74) is 4.92. The Morgan fingerprint density at radius 1 is 1.12 bits per heavy atom. The predicted octanol–water partition coefficient (Wildman–Crippen LogP) is 6.25. The van der Waals surface area contributed by atoms with Gasteiger partial charge in [0.15, 0.2) is 9.41 Å². The first-order valence-corrected chi connectivity index (χ1v) is 11.9. The van der Waals surface area contributed by atoms with Crippen LogP contribution in [0.15, 0.2) is 73.9 Å². The summed E-state index contributed by atoms with van der Waals surface area (Å²) in [6, 6.07) is 16.8. The number of carbonyl (C=O) groups is 2. The molecule has 0 unspecified atom stereocenters. The molecule has 1 aliphatic rings. The Kier molecular flexibility index (Phi) is 6.76. The van der Waals surface area contributed by atoms with Crippen LogP contribution in [0.3, 0.4) is 0 Å². The summed E-state index contributed by atoms with van der Waals surface area (Å²) in [6.07, 6.45) is 1.61. The van der Waals surface area contributed by atoms with E-state index in [2.05, 4.69) is 5.43 Å². The SMILES string of the molecule is Cc1ccc(Sc2ccc(/C=C3\SC(=S)N(NC(=O)c4ccc(C)cc4Cl)C3=O)o2)cc1. The fourth-order valence-corrected chi connectivity index (χ4v) is 5.11. The van der Waals surface area contributed by atoms with E-state index in [0.717, 1.165) is 27.2 Å². The number of rotatable bonds is 5. The maximum Gasteiger partial charge on any atom is 0.285 e. The molecule has 162 valence electrons. The lowest BCUT2D eigenvalue weighted by Crippen LogP contribution is -2.44. The van der Waals surface area contributed by atoms with E-state index in [4.69, 9.17) is 28.2 Å². The van der Waals surface area contributed by atoms with Gasteiger partial charge in [0.05, 0.1) is 15.5 Å². The van der Waals surface area contributed by atoms with Gasteiger partial charge in [0, 0.05) is 11.0 Å². The highest BCUT2D eigenvalue weighted by Gasteiger charge is 2.34. The molecule has 1 aromatic heterocycles. The summed E-state index contributed by atoms with van der Waals surface area (Å²) in [5, 5.41) is 2.06. The normalized spacial score (nSPS) is 15.0. The first-order valence-electron chi connectivity index (χ1n) is 9.49. The molecule has 0 spiro atoms. The van der Waals surface area contributed by atoms with Gasteiger partial charge in [0.1, 0.15) is 5.76 Å². The van der Waals surface area contributed by atoms with E-state index >= 15 is 0 Å². The highest BCUT2D eigenvalue weighted by molar-refractivity contribution is 8.26. The monoisotopic (exact) mass is 500 g/mol. The first-order chi connectivity index (χ1) is 15.3. The molecule has 1 N–H and O–H groups in total. The smallest absolute Gasteiger partial charge is 0.285 e. The number of furan rings is 1. The number of amides is 2. The van der Waals surface area contributed by atoms with Crippen LogP contribution in [-0.2, 0) is 4.79 Å². The first kappa shape index (κ1) is 22.7. The minimum Gasteiger partial charge on any atom is -0.450 e. The Bertz CT molecular complexity index is 1250. The van der Waals surface area contributed by atoms with Gasteiger partial charge in [0.2, 0.25) is 0 Å². The lowest BCUT2D eigenvalue weighted by Gasteiger charge is -2.16. The van der Waals surface area contributed by atoms with Gasteiger partial charge >= 0.3 is 0 Å². The Morgan fingerprint density at radius 2 is 1.84 bits per heavy atom. The summed E-state index contributed by atoms with van der Waals surface area (Å²) in [6.45, 7) is 3.91. The van der Waals surface area contributed by atoms with Crippen molar-refractivity contribution in [2.45, 2.75) is 23.8 Å². The highest BCUT2D eigenvalue weighted by atomic mass is 35.5. The minimum absolute atomic E-state index is 0.221. The van der Waals surface area contributed by atoms with Crippen LogP contribution in [-0.4, -0.2) is 21.1 Å². The molecular weight excluding hydrogens is 484 g/mol. The average molecular weight is 501 g/mol. The van der Waals surface area contributed by atoms with Crippen LogP contribution in [0.4, 0.5) is 0 Å². The number of carbonyl (C=O) groups excluding carboxylic acids is 2. The van der Waals surface area contributed by atoms with Gasteiger partial charge in [-0.05, 0) is 68.0 Å². The van der Waals surface area contributed by atoms with Crippen LogP contribution in [0.2, 0.25) is 5.02 Å². The van der Waals surface area contributed by atoms with Crippen molar-refractivity contribution in [2.75, 3.05) is 0 Å². The van der Waals surface area contributed by atoms with Gasteiger partial charge in [-0.25, -0.2) is 0 Å². The number of benzene rings is 2. The molecule has 2 amide bonds. The molecule has 1 aliphatic heterocycles. The van der Waals surface area contributed by atoms with Crippen LogP contribution in [0, 0.1) is 13.8 Å². The number of hydrogen-bond acceptors (Lipinski definition) is 6. The van der Waals surface area contributed by atoms with E-state index in [-0.39, 0.29) is 9.88 Å². The molecule has 1 fully saturated rings. The standard InChI is InChI=1S/C23H17ClN2O3S3/c1-13-3-7-16(8-4-13)31-20-10-6-15(29-20)12-19-22(28)26(23(30)32-19)25-21(27)17-9-5-14(2)11-18(17)24/h3-12H,1-2H3,(H,25,27)/b19-12-. The second kappa shape index (κ2) is 9.54. The molecule has 0 aliphatic carbocycles. The fourth-order valence-electron chi connectivity index (χ4n) is 2.85. The zero-order valence-electron chi connectivity index (χ0n) is 17.0. The highest BCUT2D eigenvalue weighted by Crippen LogP contribution is 2.34. The van der Waals surface area contributed by atoms with Gasteiger partial charge in [-0.1, -0.05) is 58.9 Å². The van der Waals surface area contributed by atoms with E-state index in [0.29, 0.717) is 20.8 Å². The number of hydrazine groups is 1. The molecule has 1 saturated heterocycles. The van der Waals surface area contributed by atoms with Crippen molar-refractivity contribution in [3.63, 3.8) is 0 Å². The summed E-state index contributed by atoms with van der Waals surface area (Å²) in [7, 11) is 0. The average Bonchev–Trinajstić information content (AvgIpc) is 3.29. The lowest BCUT2D eigenvalue weighted by molar-refractivity contribution is -0.123. The second-order valence-corrected chi connectivity index (χ2v) is 10.2. The predicted molar refractivity (Wildman–Crippen MR) is 133 cm³/mol. The van der Waals surface area contributed by atoms with E-state index in [1.807, 2.05) is 44.2 Å². The van der Waals surface area contributed by atoms with Gasteiger partial charge in [-0.2, -0.15) is 5.01 Å². The van der Waals surface area contributed by atoms with Crippen molar-refractivity contribution < 1.29 is 14.0 Å². The number of hydrogen-bond donors (Lipinski definition) is 1. The van der Waals surface area contributed by atoms with Crippen molar-refractivity contribution >= 4 is 69.6 Å². The summed E-state index contributed by atoms with van der Waals surface area (Å²) >= 11 is 14.0. The van der Waals surface area contributed by atoms with E-state index in [9.17, 15) is 9.59 Å². The largest absolute Gasteiger partial charge is 0.450 e. The Labute approximate surface area is 204 Å². The van der Waals surface area contributed by atoms with Crippen molar-refractivity contribution in [1.82, 2.24) is 10.4 Å². The molecule has 2 heterocycles. The molecule has 0 bridgehead atoms. The van der Waals surface area contributed by atoms with Crippen molar-refractivity contribution in [3.8, 4) is 0 Å². The van der Waals surface area contributed by atoms with Crippen molar-refractivity contribution in [2.24, 2.45) is 0 Å². The molecule has 2 aromatic carbocycles. The number of thiocarbonyl (C=S) groups is 1. The van der Waals surface area contributed by atoms with Crippen LogP contribution >= 0.6 is 47.3 Å². The molecule has 9 heteroatoms. The zero-order chi connectivity index (χ0) is 22.8. The summed E-state index contributed by atoms with van der Waals surface area (Å²) in [5.74, 6) is -0.420. The van der Waals surface area contributed by atoms with Crippen LogP contribution in [0.5, 0.6) is 0 Å². The topological polar surface area (TPSA) is 62.6 Å². The Morgan fingerprint density at radius 3 is 2.56 bits per heavy atom. The molecule has 0 atom stereocenters. The lowest BCUT2D eigenvalue weighted by atomic mass is 10.1. The third kappa shape index (κ3) is 5.10. The maximum atomic E-state index is 12.8. The van der Waals surface area contributed by atoms with E-state index < -0.39 is 11.8 Å². The summed E-state index contributed by atoms with van der Waals surface area (Å²) < 4.78 is 6.05. The number of halogens is 1. The van der Waals surface area contributed by atoms with Gasteiger partial charge in [-0.3, -0.25) is 15.0 Å². The molecule has 4 rings (SSSR count). The number of nitrogens with zero attached hydrogens (tertiary/aromatic N) is 1. The Hall–Kier alpha value is -2.52. The molecule has 32 heavy (non-hydrogen) atoms. The molecule has 0 saturated carbocycles. The molecular formula is C23H17ClN2O3S3. The maximum absolute atomic E-state index is 12.8. The number of nitrogens with one attached hydrogen (secondary N) is 1. The molecule has 5 nitrogen and oxygen atoms in total. The third-order valence-corrected chi connectivity index (χ3v) is 7.03. The zero-order valence-corrected chi connectivity index (χ0v) is 20.3. The molecule has 3 aromatic rings. The van der Waals surface area contributed by atoms with Gasteiger partial charge in [-0.15, -0.1) is 0 Å². The fraction of sp³-hybridized carbons (Fsp3) is 0.0870. The van der Waals surface area contributed by atoms with E-state index in [1.165, 1.54) is 17.3 Å². The number of thioether (sulfide) groups is 1. The minimum atomic E-state index is -0.512.